The third-order valence-electron chi connectivity index (χ3n) is 3.01. The van der Waals surface area contributed by atoms with Gasteiger partial charge >= 0.3 is 12.1 Å². The average Bonchev–Trinajstić information content (AvgIpc) is 2.31. The summed E-state index contributed by atoms with van der Waals surface area (Å²) < 4.78 is 41.6. The molecular formula is C13H25F3N2O2. The van der Waals surface area contributed by atoms with Crippen LogP contribution in [0.1, 0.15) is 39.5 Å². The van der Waals surface area contributed by atoms with Crippen molar-refractivity contribution in [2.45, 2.75) is 51.2 Å². The van der Waals surface area contributed by atoms with Gasteiger partial charge in [0.2, 0.25) is 0 Å². The molecule has 7 heteroatoms. The summed E-state index contributed by atoms with van der Waals surface area (Å²) >= 11 is 0. The molecule has 0 aliphatic carbocycles. The predicted molar refractivity (Wildman–Crippen MR) is 71.2 cm³/mol. The summed E-state index contributed by atoms with van der Waals surface area (Å²) in [5.41, 5.74) is 4.70. The van der Waals surface area contributed by atoms with Gasteiger partial charge in [0.05, 0.1) is 13.7 Å². The van der Waals surface area contributed by atoms with Crippen molar-refractivity contribution >= 4 is 5.97 Å². The molecule has 1 atom stereocenters. The molecule has 0 fully saturated rings. The van der Waals surface area contributed by atoms with E-state index in [4.69, 9.17) is 5.73 Å². The monoisotopic (exact) mass is 298 g/mol. The Morgan fingerprint density at radius 3 is 2.30 bits per heavy atom. The van der Waals surface area contributed by atoms with Crippen molar-refractivity contribution in [3.63, 3.8) is 0 Å². The molecule has 0 radical (unpaired) electrons. The molecule has 0 aliphatic rings. The van der Waals surface area contributed by atoms with Crippen molar-refractivity contribution in [3.8, 4) is 0 Å². The molecule has 20 heavy (non-hydrogen) atoms. The molecule has 4 nitrogen and oxygen atoms in total. The Labute approximate surface area is 118 Å². The number of ether oxygens (including phenoxy) is 1. The number of nitrogens with two attached hydrogens (primary N) is 1. The minimum atomic E-state index is -4.18. The van der Waals surface area contributed by atoms with Crippen LogP contribution >= 0.6 is 0 Å². The molecule has 0 amide bonds. The number of rotatable bonds is 9. The van der Waals surface area contributed by atoms with Gasteiger partial charge in [0.15, 0.2) is 0 Å². The van der Waals surface area contributed by atoms with E-state index in [1.807, 2.05) is 6.92 Å². The van der Waals surface area contributed by atoms with E-state index in [0.717, 1.165) is 0 Å². The number of halogens is 3. The lowest BCUT2D eigenvalue weighted by atomic mass is 9.96. The molecule has 0 aromatic carbocycles. The van der Waals surface area contributed by atoms with E-state index >= 15 is 0 Å². The van der Waals surface area contributed by atoms with Crippen molar-refractivity contribution in [2.75, 3.05) is 26.7 Å². The highest BCUT2D eigenvalue weighted by Crippen LogP contribution is 2.18. The second-order valence-electron chi connectivity index (χ2n) is 5.26. The first kappa shape index (κ1) is 19.2. The number of nitrogens with zero attached hydrogens (tertiary/aromatic N) is 1. The van der Waals surface area contributed by atoms with Crippen LogP contribution in [0.4, 0.5) is 13.2 Å². The molecule has 0 saturated heterocycles. The van der Waals surface area contributed by atoms with Gasteiger partial charge in [-0.2, -0.15) is 13.2 Å². The van der Waals surface area contributed by atoms with E-state index < -0.39 is 24.2 Å². The predicted octanol–water partition coefficient (Wildman–Crippen LogP) is 2.32. The number of esters is 1. The van der Waals surface area contributed by atoms with Gasteiger partial charge in [-0.15, -0.1) is 0 Å². The van der Waals surface area contributed by atoms with Crippen LogP contribution in [0.5, 0.6) is 0 Å². The number of carbonyl (C=O) groups excluding carboxylic acids is 1. The molecular weight excluding hydrogens is 273 g/mol. The first-order valence-electron chi connectivity index (χ1n) is 6.79. The Morgan fingerprint density at radius 1 is 1.25 bits per heavy atom. The van der Waals surface area contributed by atoms with Gasteiger partial charge in [-0.25, -0.2) is 0 Å². The lowest BCUT2D eigenvalue weighted by molar-refractivity contribution is -0.146. The van der Waals surface area contributed by atoms with Crippen LogP contribution in [0.2, 0.25) is 0 Å². The fraction of sp³-hybridized carbons (Fsp3) is 0.923. The molecule has 0 spiro atoms. The molecule has 0 bridgehead atoms. The second kappa shape index (κ2) is 8.46. The zero-order valence-electron chi connectivity index (χ0n) is 12.4. The minimum absolute atomic E-state index is 0.352. The maximum atomic E-state index is 12.4. The highest BCUT2D eigenvalue weighted by atomic mass is 19.4. The molecule has 0 aliphatic heterocycles. The maximum Gasteiger partial charge on any atom is 0.401 e. The van der Waals surface area contributed by atoms with Crippen molar-refractivity contribution in [2.24, 2.45) is 5.73 Å². The highest BCUT2D eigenvalue weighted by Gasteiger charge is 2.31. The van der Waals surface area contributed by atoms with Gasteiger partial charge in [0.25, 0.3) is 0 Å². The quantitative estimate of drug-likeness (QED) is 0.524. The van der Waals surface area contributed by atoms with E-state index in [0.29, 0.717) is 38.8 Å². The Morgan fingerprint density at radius 2 is 1.85 bits per heavy atom. The standard InChI is InChI=1S/C13H25F3N2O2/c1-4-8-18(10-13(14,15)16)9-6-5-7-12(2,17)11(19)20-3/h4-10,17H2,1-3H3. The first-order chi connectivity index (χ1) is 9.12. The summed E-state index contributed by atoms with van der Waals surface area (Å²) in [6.45, 7) is 3.29. The van der Waals surface area contributed by atoms with E-state index in [1.54, 1.807) is 6.92 Å². The van der Waals surface area contributed by atoms with Crippen molar-refractivity contribution in [1.82, 2.24) is 4.90 Å². The fourth-order valence-corrected chi connectivity index (χ4v) is 2.00. The number of carbonyl (C=O) groups is 1. The Balaban J connectivity index is 4.09. The molecule has 0 aromatic rings. The average molecular weight is 298 g/mol. The first-order valence-corrected chi connectivity index (χ1v) is 6.79. The van der Waals surface area contributed by atoms with Gasteiger partial charge < -0.3 is 10.5 Å². The summed E-state index contributed by atoms with van der Waals surface area (Å²) in [7, 11) is 1.26. The number of methoxy groups -OCH3 is 1. The Bertz CT molecular complexity index is 294. The van der Waals surface area contributed by atoms with E-state index in [2.05, 4.69) is 4.74 Å². The third-order valence-corrected chi connectivity index (χ3v) is 3.01. The smallest absolute Gasteiger partial charge is 0.401 e. The lowest BCUT2D eigenvalue weighted by Crippen LogP contribution is -2.45. The van der Waals surface area contributed by atoms with Crippen LogP contribution in [0.25, 0.3) is 0 Å². The molecule has 120 valence electrons. The van der Waals surface area contributed by atoms with Crippen molar-refractivity contribution in [3.05, 3.63) is 0 Å². The van der Waals surface area contributed by atoms with Crippen LogP contribution in [-0.4, -0.2) is 49.3 Å². The Kier molecular flexibility index (Phi) is 8.12. The highest BCUT2D eigenvalue weighted by molar-refractivity contribution is 5.79. The normalized spacial score (nSPS) is 15.2. The molecule has 1 unspecified atom stereocenters. The van der Waals surface area contributed by atoms with Crippen LogP contribution < -0.4 is 5.73 Å². The second-order valence-corrected chi connectivity index (χ2v) is 5.26. The topological polar surface area (TPSA) is 55.6 Å². The van der Waals surface area contributed by atoms with Gasteiger partial charge in [-0.1, -0.05) is 6.92 Å². The SMILES string of the molecule is CCCN(CCCCC(C)(N)C(=O)OC)CC(F)(F)F. The van der Waals surface area contributed by atoms with Crippen molar-refractivity contribution in [1.29, 1.82) is 0 Å². The summed E-state index contributed by atoms with van der Waals surface area (Å²) in [5.74, 6) is -0.502. The van der Waals surface area contributed by atoms with Crippen LogP contribution in [0.3, 0.4) is 0 Å². The van der Waals surface area contributed by atoms with Crippen LogP contribution in [0, 0.1) is 0 Å². The largest absolute Gasteiger partial charge is 0.468 e. The summed E-state index contributed by atoms with van der Waals surface area (Å²) in [5, 5.41) is 0. The van der Waals surface area contributed by atoms with Gasteiger partial charge in [0, 0.05) is 0 Å². The summed E-state index contributed by atoms with van der Waals surface area (Å²) in [6.07, 6.45) is -1.96. The Hall–Kier alpha value is -0.820. The number of hydrogen-bond acceptors (Lipinski definition) is 4. The number of hydrogen-bond donors (Lipinski definition) is 1. The molecule has 0 rings (SSSR count). The number of unbranched alkanes of at least 4 members (excludes halogenated alkanes) is 1. The van der Waals surface area contributed by atoms with Crippen molar-refractivity contribution < 1.29 is 22.7 Å². The fourth-order valence-electron chi connectivity index (χ4n) is 2.00. The van der Waals surface area contributed by atoms with Gasteiger partial charge in [-0.05, 0) is 45.7 Å². The lowest BCUT2D eigenvalue weighted by Gasteiger charge is -2.24. The van der Waals surface area contributed by atoms with Crippen LogP contribution in [0.15, 0.2) is 0 Å². The zero-order chi connectivity index (χ0) is 15.8. The summed E-state index contributed by atoms with van der Waals surface area (Å²) in [4.78, 5) is 12.7. The maximum absolute atomic E-state index is 12.4. The third kappa shape index (κ3) is 8.37. The van der Waals surface area contributed by atoms with Crippen LogP contribution in [-0.2, 0) is 9.53 Å². The van der Waals surface area contributed by atoms with E-state index in [1.165, 1.54) is 12.0 Å². The zero-order valence-corrected chi connectivity index (χ0v) is 12.4. The molecule has 0 saturated carbocycles. The minimum Gasteiger partial charge on any atom is -0.468 e. The molecule has 0 heterocycles. The van der Waals surface area contributed by atoms with E-state index in [-0.39, 0.29) is 0 Å². The number of alkyl halides is 3. The summed E-state index contributed by atoms with van der Waals surface area (Å²) in [6, 6.07) is 0. The van der Waals surface area contributed by atoms with Gasteiger partial charge in [0.1, 0.15) is 5.54 Å². The molecule has 2 N–H and O–H groups in total. The van der Waals surface area contributed by atoms with E-state index in [9.17, 15) is 18.0 Å². The van der Waals surface area contributed by atoms with Gasteiger partial charge in [-0.3, -0.25) is 9.69 Å². The molecule has 0 aromatic heterocycles.